The lowest BCUT2D eigenvalue weighted by atomic mass is 10.2. The molecule has 1 rings (SSSR count). The van der Waals surface area contributed by atoms with E-state index in [1.165, 1.54) is 11.8 Å². The number of nitrogens with two attached hydrogens (primary N) is 2. The van der Waals surface area contributed by atoms with E-state index >= 15 is 0 Å². The molecule has 0 aliphatic carbocycles. The second-order valence-electron chi connectivity index (χ2n) is 2.39. The highest BCUT2D eigenvalue weighted by atomic mass is 32.2. The van der Waals surface area contributed by atoms with E-state index in [2.05, 4.69) is 0 Å². The second kappa shape index (κ2) is 4.01. The lowest BCUT2D eigenvalue weighted by Crippen LogP contribution is -2.03. The Morgan fingerprint density at radius 1 is 1.33 bits per heavy atom. The van der Waals surface area contributed by atoms with Gasteiger partial charge in [0.2, 0.25) is 0 Å². The van der Waals surface area contributed by atoms with Crippen LogP contribution in [0.15, 0.2) is 24.3 Å². The summed E-state index contributed by atoms with van der Waals surface area (Å²) in [5, 5.41) is 7.15. The first kappa shape index (κ1) is 8.93. The van der Waals surface area contributed by atoms with Gasteiger partial charge in [0.1, 0.15) is 0 Å². The molecule has 64 valence electrons. The quantitative estimate of drug-likeness (QED) is 0.366. The summed E-state index contributed by atoms with van der Waals surface area (Å²) in [5.41, 5.74) is 12.6. The molecular formula is C8H11N3S. The molecule has 0 spiro atoms. The molecule has 5 N–H and O–H groups in total. The Kier molecular flexibility index (Phi) is 2.99. The van der Waals surface area contributed by atoms with E-state index in [4.69, 9.17) is 16.9 Å². The molecule has 0 amide bonds. The maximum Gasteiger partial charge on any atom is 0.151 e. The number of benzene rings is 1. The van der Waals surface area contributed by atoms with Crippen LogP contribution in [0.4, 0.5) is 5.69 Å². The van der Waals surface area contributed by atoms with E-state index < -0.39 is 0 Å². The van der Waals surface area contributed by atoms with Crippen LogP contribution in [0.25, 0.3) is 0 Å². The zero-order valence-electron chi connectivity index (χ0n) is 6.58. The molecule has 1 aromatic carbocycles. The number of rotatable bonds is 2. The molecule has 0 aliphatic rings. The van der Waals surface area contributed by atoms with E-state index in [-0.39, 0.29) is 5.17 Å². The number of hydrogen-bond acceptors (Lipinski definition) is 3. The van der Waals surface area contributed by atoms with Gasteiger partial charge in [-0.05, 0) is 17.7 Å². The van der Waals surface area contributed by atoms with Gasteiger partial charge in [0.05, 0.1) is 0 Å². The second-order valence-corrected chi connectivity index (χ2v) is 3.41. The number of thioether (sulfide) groups is 1. The van der Waals surface area contributed by atoms with Crippen LogP contribution < -0.4 is 11.5 Å². The Morgan fingerprint density at radius 3 is 2.42 bits per heavy atom. The van der Waals surface area contributed by atoms with Crippen molar-refractivity contribution in [1.82, 2.24) is 0 Å². The summed E-state index contributed by atoms with van der Waals surface area (Å²) in [7, 11) is 0. The monoisotopic (exact) mass is 181 g/mol. The Hall–Kier alpha value is -1.16. The summed E-state index contributed by atoms with van der Waals surface area (Å²) >= 11 is 1.31. The first-order chi connectivity index (χ1) is 5.68. The predicted octanol–water partition coefficient (Wildman–Crippen LogP) is 1.40. The summed E-state index contributed by atoms with van der Waals surface area (Å²) in [4.78, 5) is 0. The van der Waals surface area contributed by atoms with Crippen LogP contribution in [0, 0.1) is 5.41 Å². The van der Waals surface area contributed by atoms with Crippen molar-refractivity contribution in [2.75, 3.05) is 5.73 Å². The van der Waals surface area contributed by atoms with Gasteiger partial charge in [-0.2, -0.15) is 0 Å². The summed E-state index contributed by atoms with van der Waals surface area (Å²) in [6, 6.07) is 7.56. The number of nitrogens with one attached hydrogen (secondary N) is 1. The van der Waals surface area contributed by atoms with Gasteiger partial charge >= 0.3 is 0 Å². The van der Waals surface area contributed by atoms with E-state index in [1.807, 2.05) is 24.3 Å². The van der Waals surface area contributed by atoms with E-state index in [9.17, 15) is 0 Å². The molecule has 0 aromatic heterocycles. The standard InChI is InChI=1S/C8H11N3S/c9-7-3-1-6(2-4-7)5-12-8(10)11/h1-4H,5,9H2,(H3,10,11). The lowest BCUT2D eigenvalue weighted by Gasteiger charge is -1.99. The van der Waals surface area contributed by atoms with Crippen LogP contribution in [0.1, 0.15) is 5.56 Å². The summed E-state index contributed by atoms with van der Waals surface area (Å²) in [6.07, 6.45) is 0. The van der Waals surface area contributed by atoms with Crippen LogP contribution in [0.5, 0.6) is 0 Å². The Labute approximate surface area is 75.6 Å². The van der Waals surface area contributed by atoms with Crippen LogP contribution in [0.3, 0.4) is 0 Å². The zero-order valence-corrected chi connectivity index (χ0v) is 7.40. The first-order valence-corrected chi connectivity index (χ1v) is 4.48. The molecule has 0 radical (unpaired) electrons. The molecule has 4 heteroatoms. The van der Waals surface area contributed by atoms with Gasteiger partial charge < -0.3 is 11.5 Å². The SMILES string of the molecule is N=C(N)SCc1ccc(N)cc1. The van der Waals surface area contributed by atoms with Gasteiger partial charge in [0.25, 0.3) is 0 Å². The van der Waals surface area contributed by atoms with Crippen molar-refractivity contribution in [1.29, 1.82) is 5.41 Å². The molecule has 0 saturated heterocycles. The van der Waals surface area contributed by atoms with Gasteiger partial charge in [-0.1, -0.05) is 23.9 Å². The normalized spacial score (nSPS) is 9.67. The Morgan fingerprint density at radius 2 is 1.92 bits per heavy atom. The molecule has 0 unspecified atom stereocenters. The maximum atomic E-state index is 7.00. The number of amidine groups is 1. The van der Waals surface area contributed by atoms with Gasteiger partial charge in [0, 0.05) is 11.4 Å². The average Bonchev–Trinajstić information content (AvgIpc) is 2.03. The Bertz CT molecular complexity index is 268. The van der Waals surface area contributed by atoms with Crippen molar-refractivity contribution in [3.63, 3.8) is 0 Å². The largest absolute Gasteiger partial charge is 0.399 e. The first-order valence-electron chi connectivity index (χ1n) is 3.50. The third kappa shape index (κ3) is 2.84. The van der Waals surface area contributed by atoms with Crippen molar-refractivity contribution in [3.05, 3.63) is 29.8 Å². The molecule has 3 nitrogen and oxygen atoms in total. The molecular weight excluding hydrogens is 170 g/mol. The summed E-state index contributed by atoms with van der Waals surface area (Å²) in [5.74, 6) is 0.732. The van der Waals surface area contributed by atoms with E-state index in [1.54, 1.807) is 0 Å². The average molecular weight is 181 g/mol. The summed E-state index contributed by atoms with van der Waals surface area (Å²) < 4.78 is 0. The van der Waals surface area contributed by atoms with Crippen LogP contribution in [-0.2, 0) is 5.75 Å². The minimum atomic E-state index is 0.145. The topological polar surface area (TPSA) is 75.9 Å². The van der Waals surface area contributed by atoms with Crippen molar-refractivity contribution >= 4 is 22.6 Å². The predicted molar refractivity (Wildman–Crippen MR) is 54.1 cm³/mol. The fourth-order valence-electron chi connectivity index (χ4n) is 0.775. The highest BCUT2D eigenvalue weighted by molar-refractivity contribution is 8.13. The van der Waals surface area contributed by atoms with Gasteiger partial charge in [-0.15, -0.1) is 0 Å². The third-order valence-electron chi connectivity index (χ3n) is 1.37. The minimum Gasteiger partial charge on any atom is -0.399 e. The van der Waals surface area contributed by atoms with Crippen LogP contribution in [0.2, 0.25) is 0 Å². The smallest absolute Gasteiger partial charge is 0.151 e. The molecule has 0 saturated carbocycles. The van der Waals surface area contributed by atoms with Gasteiger partial charge in [-0.25, -0.2) is 0 Å². The molecule has 0 atom stereocenters. The maximum absolute atomic E-state index is 7.00. The number of hydrogen-bond donors (Lipinski definition) is 3. The number of anilines is 1. The van der Waals surface area contributed by atoms with Crippen molar-refractivity contribution in [2.45, 2.75) is 5.75 Å². The van der Waals surface area contributed by atoms with Gasteiger partial charge in [0.15, 0.2) is 5.17 Å². The molecule has 0 bridgehead atoms. The van der Waals surface area contributed by atoms with E-state index in [0.29, 0.717) is 0 Å². The zero-order chi connectivity index (χ0) is 8.97. The van der Waals surface area contributed by atoms with Crippen molar-refractivity contribution in [3.8, 4) is 0 Å². The van der Waals surface area contributed by atoms with Crippen molar-refractivity contribution in [2.24, 2.45) is 5.73 Å². The molecule has 0 aliphatic heterocycles. The van der Waals surface area contributed by atoms with Crippen LogP contribution in [-0.4, -0.2) is 5.17 Å². The van der Waals surface area contributed by atoms with E-state index in [0.717, 1.165) is 17.0 Å². The summed E-state index contributed by atoms with van der Waals surface area (Å²) in [6.45, 7) is 0. The fraction of sp³-hybridized carbons (Fsp3) is 0.125. The van der Waals surface area contributed by atoms with Gasteiger partial charge in [-0.3, -0.25) is 5.41 Å². The molecule has 12 heavy (non-hydrogen) atoms. The lowest BCUT2D eigenvalue weighted by molar-refractivity contribution is 1.42. The Balaban J connectivity index is 2.53. The number of nitrogen functional groups attached to an aromatic ring is 1. The molecule has 0 fully saturated rings. The molecule has 0 heterocycles. The minimum absolute atomic E-state index is 0.145. The highest BCUT2D eigenvalue weighted by Gasteiger charge is 1.94. The van der Waals surface area contributed by atoms with Crippen LogP contribution >= 0.6 is 11.8 Å². The van der Waals surface area contributed by atoms with Crippen molar-refractivity contribution < 1.29 is 0 Å². The third-order valence-corrected chi connectivity index (χ3v) is 2.16. The highest BCUT2D eigenvalue weighted by Crippen LogP contribution is 2.12. The fourth-order valence-corrected chi connectivity index (χ4v) is 1.29. The molecule has 1 aromatic rings.